The molecular weight excluding hydrogens is 300 g/mol. The second kappa shape index (κ2) is 5.36. The van der Waals surface area contributed by atoms with Gasteiger partial charge >= 0.3 is 43.7 Å². The third-order valence-electron chi connectivity index (χ3n) is 2.19. The van der Waals surface area contributed by atoms with E-state index >= 15 is 0 Å². The van der Waals surface area contributed by atoms with Crippen molar-refractivity contribution in [3.63, 3.8) is 0 Å². The van der Waals surface area contributed by atoms with E-state index in [1.165, 1.54) is 6.07 Å². The van der Waals surface area contributed by atoms with Crippen LogP contribution in [0.5, 0.6) is 5.75 Å². The number of rotatable bonds is 1. The van der Waals surface area contributed by atoms with Crippen LogP contribution in [-0.2, 0) is 0 Å². The van der Waals surface area contributed by atoms with E-state index in [9.17, 15) is 9.90 Å². The molecule has 3 nitrogen and oxygen atoms in total. The van der Waals surface area contributed by atoms with Crippen molar-refractivity contribution in [2.24, 2.45) is 0 Å². The van der Waals surface area contributed by atoms with Crippen LogP contribution >= 0.6 is 15.9 Å². The summed E-state index contributed by atoms with van der Waals surface area (Å²) in [5, 5.41) is 20.1. The van der Waals surface area contributed by atoms with Gasteiger partial charge in [0.1, 0.15) is 11.3 Å². The number of carboxylic acid groups (broad SMARTS) is 1. The minimum atomic E-state index is -1.14. The van der Waals surface area contributed by atoms with Crippen molar-refractivity contribution in [3.05, 3.63) is 40.4 Å². The van der Waals surface area contributed by atoms with E-state index in [2.05, 4.69) is 15.9 Å². The molecule has 0 unspecified atom stereocenters. The van der Waals surface area contributed by atoms with Crippen LogP contribution in [0.15, 0.2) is 34.8 Å². The van der Waals surface area contributed by atoms with Crippen molar-refractivity contribution in [2.75, 3.05) is 0 Å². The summed E-state index contributed by atoms with van der Waals surface area (Å²) in [6, 6.07) is 8.71. The monoisotopic (exact) mass is 308 g/mol. The zero-order valence-corrected chi connectivity index (χ0v) is 9.15. The summed E-state index contributed by atoms with van der Waals surface area (Å²) < 4.78 is 0.415. The van der Waals surface area contributed by atoms with Gasteiger partial charge in [0.05, 0.1) is 4.47 Å². The molecule has 0 aliphatic rings. The molecule has 2 N–H and O–H groups in total. The molecule has 0 radical (unpaired) electrons. The molecule has 0 spiro atoms. The molecule has 2 rings (SSSR count). The number of carbonyl (C=O) groups is 1. The van der Waals surface area contributed by atoms with Crippen molar-refractivity contribution in [3.8, 4) is 5.75 Å². The van der Waals surface area contributed by atoms with E-state index in [4.69, 9.17) is 5.11 Å². The normalized spacial score (nSPS) is 9.81. The van der Waals surface area contributed by atoms with E-state index in [0.717, 1.165) is 10.8 Å². The molecule has 0 amide bonds. The molecule has 0 fully saturated rings. The molecule has 0 aromatic heterocycles. The van der Waals surface area contributed by atoms with E-state index in [-0.39, 0.29) is 49.1 Å². The van der Waals surface area contributed by atoms with Gasteiger partial charge in [0.2, 0.25) is 0 Å². The SMILES string of the molecule is O=C(O)c1cc2ccccc2c(Br)c1O.[CaH2]. The van der Waals surface area contributed by atoms with Crippen LogP contribution < -0.4 is 0 Å². The standard InChI is InChI=1S/C11H7BrO3.Ca.2H/c12-9-7-4-2-1-3-6(7)5-8(10(9)13)11(14)15;;;/h1-5,13H,(H,14,15);;;. The van der Waals surface area contributed by atoms with Gasteiger partial charge in [0.25, 0.3) is 0 Å². The zero-order chi connectivity index (χ0) is 11.0. The summed E-state index contributed by atoms with van der Waals surface area (Å²) in [5.74, 6) is -1.37. The Morgan fingerprint density at radius 3 is 2.50 bits per heavy atom. The third-order valence-corrected chi connectivity index (χ3v) is 2.99. The number of phenols is 1. The van der Waals surface area contributed by atoms with Crippen molar-refractivity contribution >= 4 is 70.4 Å². The quantitative estimate of drug-likeness (QED) is 0.793. The molecule has 0 bridgehead atoms. The predicted molar refractivity (Wildman–Crippen MR) is 68.8 cm³/mol. The molecule has 2 aromatic rings. The maximum atomic E-state index is 10.8. The van der Waals surface area contributed by atoms with Gasteiger partial charge in [-0.1, -0.05) is 24.3 Å². The number of hydrogen-bond acceptors (Lipinski definition) is 2. The Morgan fingerprint density at radius 1 is 1.25 bits per heavy atom. The Morgan fingerprint density at radius 2 is 1.88 bits per heavy atom. The van der Waals surface area contributed by atoms with Gasteiger partial charge in [-0.15, -0.1) is 0 Å². The van der Waals surface area contributed by atoms with Gasteiger partial charge < -0.3 is 10.2 Å². The Kier molecular flexibility index (Phi) is 4.61. The second-order valence-corrected chi connectivity index (χ2v) is 3.91. The predicted octanol–water partition coefficient (Wildman–Crippen LogP) is 2.09. The molecule has 0 saturated heterocycles. The summed E-state index contributed by atoms with van der Waals surface area (Å²) in [4.78, 5) is 10.8. The van der Waals surface area contributed by atoms with Crippen LogP contribution in [0.3, 0.4) is 0 Å². The fraction of sp³-hybridized carbons (Fsp3) is 0. The Bertz CT molecular complexity index is 554. The molecule has 2 aromatic carbocycles. The van der Waals surface area contributed by atoms with Gasteiger partial charge in [-0.3, -0.25) is 0 Å². The van der Waals surface area contributed by atoms with E-state index in [0.29, 0.717) is 4.47 Å². The first-order chi connectivity index (χ1) is 7.11. The maximum absolute atomic E-state index is 10.8. The van der Waals surface area contributed by atoms with Crippen LogP contribution in [-0.4, -0.2) is 53.9 Å². The third kappa shape index (κ3) is 2.35. The molecule has 80 valence electrons. The number of benzene rings is 2. The van der Waals surface area contributed by atoms with Crippen LogP contribution in [0.25, 0.3) is 10.8 Å². The molecule has 16 heavy (non-hydrogen) atoms. The molecule has 0 saturated carbocycles. The van der Waals surface area contributed by atoms with Crippen molar-refractivity contribution in [2.45, 2.75) is 0 Å². The Hall–Kier alpha value is -0.290. The van der Waals surface area contributed by atoms with Crippen LogP contribution in [0.2, 0.25) is 0 Å². The van der Waals surface area contributed by atoms with Crippen molar-refractivity contribution in [1.29, 1.82) is 0 Å². The van der Waals surface area contributed by atoms with Gasteiger partial charge in [-0.05, 0) is 32.8 Å². The number of aromatic carboxylic acids is 1. The number of hydrogen-bond donors (Lipinski definition) is 2. The Labute approximate surface area is 130 Å². The number of fused-ring (bicyclic) bond motifs is 1. The van der Waals surface area contributed by atoms with E-state index in [1.54, 1.807) is 6.07 Å². The summed E-state index contributed by atoms with van der Waals surface area (Å²) in [6.07, 6.45) is 0. The summed E-state index contributed by atoms with van der Waals surface area (Å²) in [6.45, 7) is 0. The molecule has 5 heteroatoms. The topological polar surface area (TPSA) is 57.5 Å². The first-order valence-corrected chi connectivity index (χ1v) is 5.04. The summed E-state index contributed by atoms with van der Waals surface area (Å²) >= 11 is 3.19. The van der Waals surface area contributed by atoms with E-state index < -0.39 is 5.97 Å². The summed E-state index contributed by atoms with van der Waals surface area (Å²) in [5.41, 5.74) is -0.0967. The molecule has 0 aliphatic carbocycles. The first kappa shape index (κ1) is 13.8. The Balaban J connectivity index is 0.00000128. The van der Waals surface area contributed by atoms with Gasteiger partial charge in [-0.25, -0.2) is 4.79 Å². The zero-order valence-electron chi connectivity index (χ0n) is 7.57. The second-order valence-electron chi connectivity index (χ2n) is 3.11. The van der Waals surface area contributed by atoms with Crippen LogP contribution in [0.4, 0.5) is 0 Å². The number of halogens is 1. The fourth-order valence-corrected chi connectivity index (χ4v) is 2.03. The minimum absolute atomic E-state index is 0. The average Bonchev–Trinajstić information content (AvgIpc) is 2.23. The van der Waals surface area contributed by atoms with Crippen LogP contribution in [0.1, 0.15) is 10.4 Å². The van der Waals surface area contributed by atoms with Gasteiger partial charge in [0, 0.05) is 0 Å². The van der Waals surface area contributed by atoms with Crippen LogP contribution in [0, 0.1) is 0 Å². The fourth-order valence-electron chi connectivity index (χ4n) is 1.46. The van der Waals surface area contributed by atoms with Crippen molar-refractivity contribution in [1.82, 2.24) is 0 Å². The van der Waals surface area contributed by atoms with Gasteiger partial charge in [-0.2, -0.15) is 0 Å². The molecule has 0 aliphatic heterocycles. The van der Waals surface area contributed by atoms with E-state index in [1.807, 2.05) is 18.2 Å². The summed E-state index contributed by atoms with van der Waals surface area (Å²) in [7, 11) is 0. The average molecular weight is 309 g/mol. The van der Waals surface area contributed by atoms with Crippen molar-refractivity contribution < 1.29 is 15.0 Å². The molecule has 0 heterocycles. The molecular formula is C11H9BrCaO3. The number of aromatic hydroxyl groups is 1. The van der Waals surface area contributed by atoms with Gasteiger partial charge in [0.15, 0.2) is 0 Å². The first-order valence-electron chi connectivity index (χ1n) is 4.25. The number of carboxylic acids is 1. The molecule has 0 atom stereocenters.